The predicted molar refractivity (Wildman–Crippen MR) is 82.6 cm³/mol. The van der Waals surface area contributed by atoms with E-state index in [-0.39, 0.29) is 17.0 Å². The second-order valence-electron chi connectivity index (χ2n) is 5.28. The Kier molecular flexibility index (Phi) is 3.96. The van der Waals surface area contributed by atoms with Crippen LogP contribution in [0.1, 0.15) is 34.5 Å². The van der Waals surface area contributed by atoms with E-state index in [1.807, 2.05) is 18.2 Å². The number of nitrogens with one attached hydrogen (secondary N) is 1. The highest BCUT2D eigenvalue weighted by Gasteiger charge is 2.16. The van der Waals surface area contributed by atoms with Gasteiger partial charge in [0.25, 0.3) is 0 Å². The van der Waals surface area contributed by atoms with Gasteiger partial charge in [-0.3, -0.25) is 9.59 Å². The summed E-state index contributed by atoms with van der Waals surface area (Å²) in [7, 11) is 1.43. The van der Waals surface area contributed by atoms with E-state index in [2.05, 4.69) is 5.32 Å². The molecule has 1 aromatic heterocycles. The van der Waals surface area contributed by atoms with Gasteiger partial charge < -0.3 is 14.5 Å². The predicted octanol–water partition coefficient (Wildman–Crippen LogP) is 2.78. The number of rotatable bonds is 4. The minimum absolute atomic E-state index is 0.191. The Labute approximate surface area is 127 Å². The molecule has 0 saturated carbocycles. The molecule has 0 saturated heterocycles. The van der Waals surface area contributed by atoms with Gasteiger partial charge in [-0.2, -0.15) is 0 Å². The van der Waals surface area contributed by atoms with Crippen LogP contribution in [-0.4, -0.2) is 12.9 Å². The molecule has 1 N–H and O–H groups in total. The number of hydrogen-bond donors (Lipinski definition) is 1. The number of aryl methyl sites for hydroxylation is 1. The summed E-state index contributed by atoms with van der Waals surface area (Å²) in [6.45, 7) is 0.395. The van der Waals surface area contributed by atoms with Gasteiger partial charge >= 0.3 is 0 Å². The largest absolute Gasteiger partial charge is 0.490 e. The van der Waals surface area contributed by atoms with Crippen LogP contribution in [0.2, 0.25) is 0 Å². The van der Waals surface area contributed by atoms with Crippen molar-refractivity contribution in [3.63, 3.8) is 0 Å². The van der Waals surface area contributed by atoms with E-state index < -0.39 is 0 Å². The van der Waals surface area contributed by atoms with Crippen molar-refractivity contribution >= 4 is 11.5 Å². The third kappa shape index (κ3) is 2.88. The molecule has 3 rings (SSSR count). The SMILES string of the molecule is COc1coc(CNc2ccc3c(c2)CCCC3=O)cc1=O. The van der Waals surface area contributed by atoms with Crippen molar-refractivity contribution < 1.29 is 13.9 Å². The topological polar surface area (TPSA) is 68.5 Å². The van der Waals surface area contributed by atoms with Crippen LogP contribution in [0.4, 0.5) is 5.69 Å². The first kappa shape index (κ1) is 14.4. The molecule has 1 aromatic carbocycles. The molecular weight excluding hydrogens is 282 g/mol. The third-order valence-electron chi connectivity index (χ3n) is 3.79. The smallest absolute Gasteiger partial charge is 0.227 e. The summed E-state index contributed by atoms with van der Waals surface area (Å²) in [6.07, 6.45) is 3.78. The average molecular weight is 299 g/mol. The summed E-state index contributed by atoms with van der Waals surface area (Å²) in [4.78, 5) is 23.5. The Morgan fingerprint density at radius 3 is 2.86 bits per heavy atom. The fourth-order valence-electron chi connectivity index (χ4n) is 2.63. The molecular formula is C17H17NO4. The van der Waals surface area contributed by atoms with Gasteiger partial charge in [-0.1, -0.05) is 0 Å². The van der Waals surface area contributed by atoms with Gasteiger partial charge in [0.15, 0.2) is 5.78 Å². The van der Waals surface area contributed by atoms with E-state index in [4.69, 9.17) is 9.15 Å². The van der Waals surface area contributed by atoms with Crippen molar-refractivity contribution in [2.45, 2.75) is 25.8 Å². The molecule has 2 aromatic rings. The zero-order valence-electron chi connectivity index (χ0n) is 12.3. The fraction of sp³-hybridized carbons (Fsp3) is 0.294. The van der Waals surface area contributed by atoms with Crippen LogP contribution in [-0.2, 0) is 13.0 Å². The maximum absolute atomic E-state index is 11.8. The number of methoxy groups -OCH3 is 1. The van der Waals surface area contributed by atoms with Gasteiger partial charge in [0.1, 0.15) is 12.0 Å². The van der Waals surface area contributed by atoms with E-state index in [1.165, 1.54) is 19.4 Å². The van der Waals surface area contributed by atoms with Crippen LogP contribution in [0.15, 0.2) is 39.7 Å². The number of hydrogen-bond acceptors (Lipinski definition) is 5. The number of carbonyl (C=O) groups is 1. The van der Waals surface area contributed by atoms with Crippen LogP contribution in [0.25, 0.3) is 0 Å². The lowest BCUT2D eigenvalue weighted by Gasteiger charge is -2.16. The number of Topliss-reactive ketones (excluding diaryl/α,β-unsaturated/α-hetero) is 1. The van der Waals surface area contributed by atoms with Gasteiger partial charge in [0.2, 0.25) is 11.2 Å². The van der Waals surface area contributed by atoms with Crippen molar-refractivity contribution in [1.29, 1.82) is 0 Å². The highest BCUT2D eigenvalue weighted by atomic mass is 16.5. The Bertz CT molecular complexity index is 763. The number of anilines is 1. The molecule has 22 heavy (non-hydrogen) atoms. The quantitative estimate of drug-likeness (QED) is 0.940. The Hall–Kier alpha value is -2.56. The normalized spacial score (nSPS) is 13.6. The van der Waals surface area contributed by atoms with Crippen LogP contribution < -0.4 is 15.5 Å². The van der Waals surface area contributed by atoms with E-state index in [1.54, 1.807) is 0 Å². The second-order valence-corrected chi connectivity index (χ2v) is 5.28. The summed E-state index contributed by atoms with van der Waals surface area (Å²) < 4.78 is 10.2. The van der Waals surface area contributed by atoms with Crippen LogP contribution >= 0.6 is 0 Å². The van der Waals surface area contributed by atoms with E-state index >= 15 is 0 Å². The van der Waals surface area contributed by atoms with Gasteiger partial charge in [-0.05, 0) is 36.6 Å². The maximum atomic E-state index is 11.8. The Morgan fingerprint density at radius 1 is 1.23 bits per heavy atom. The summed E-state index contributed by atoms with van der Waals surface area (Å²) in [5.74, 6) is 0.935. The van der Waals surface area contributed by atoms with Crippen molar-refractivity contribution in [1.82, 2.24) is 0 Å². The van der Waals surface area contributed by atoms with Crippen LogP contribution in [0, 0.1) is 0 Å². The highest BCUT2D eigenvalue weighted by molar-refractivity contribution is 5.98. The Balaban J connectivity index is 1.73. The lowest BCUT2D eigenvalue weighted by atomic mass is 9.90. The van der Waals surface area contributed by atoms with Gasteiger partial charge in [-0.25, -0.2) is 0 Å². The molecule has 0 amide bonds. The zero-order valence-corrected chi connectivity index (χ0v) is 12.3. The lowest BCUT2D eigenvalue weighted by Crippen LogP contribution is -2.11. The molecule has 0 aliphatic heterocycles. The summed E-state index contributed by atoms with van der Waals surface area (Å²) in [6, 6.07) is 7.15. The fourth-order valence-corrected chi connectivity index (χ4v) is 2.63. The standard InChI is InChI=1S/C17H17NO4/c1-21-17-10-22-13(8-16(17)20)9-18-12-5-6-14-11(7-12)3-2-4-15(14)19/h5-8,10,18H,2-4,9H2,1H3. The molecule has 0 unspecified atom stereocenters. The minimum Gasteiger partial charge on any atom is -0.490 e. The minimum atomic E-state index is -0.207. The van der Waals surface area contributed by atoms with Crippen LogP contribution in [0.5, 0.6) is 5.75 Å². The average Bonchev–Trinajstić information content (AvgIpc) is 2.53. The number of ether oxygens (including phenoxy) is 1. The Morgan fingerprint density at radius 2 is 2.09 bits per heavy atom. The van der Waals surface area contributed by atoms with Crippen molar-refractivity contribution in [3.8, 4) is 5.75 Å². The van der Waals surface area contributed by atoms with E-state index in [0.29, 0.717) is 18.7 Å². The lowest BCUT2D eigenvalue weighted by molar-refractivity contribution is 0.0972. The first-order valence-corrected chi connectivity index (χ1v) is 7.23. The summed E-state index contributed by atoms with van der Waals surface area (Å²) in [5, 5.41) is 3.21. The molecule has 0 spiro atoms. The molecule has 114 valence electrons. The molecule has 1 aliphatic carbocycles. The molecule has 1 heterocycles. The van der Waals surface area contributed by atoms with Crippen molar-refractivity contribution in [2.24, 2.45) is 0 Å². The van der Waals surface area contributed by atoms with E-state index in [0.717, 1.165) is 29.7 Å². The molecule has 0 atom stereocenters. The monoisotopic (exact) mass is 299 g/mol. The van der Waals surface area contributed by atoms with Gasteiger partial charge in [0.05, 0.1) is 13.7 Å². The van der Waals surface area contributed by atoms with Gasteiger partial charge in [-0.15, -0.1) is 0 Å². The van der Waals surface area contributed by atoms with E-state index in [9.17, 15) is 9.59 Å². The van der Waals surface area contributed by atoms with Crippen LogP contribution in [0.3, 0.4) is 0 Å². The molecule has 5 nitrogen and oxygen atoms in total. The first-order valence-electron chi connectivity index (χ1n) is 7.23. The van der Waals surface area contributed by atoms with Crippen molar-refractivity contribution in [2.75, 3.05) is 12.4 Å². The highest BCUT2D eigenvalue weighted by Crippen LogP contribution is 2.24. The molecule has 1 aliphatic rings. The number of carbonyl (C=O) groups excluding carboxylic acids is 1. The number of ketones is 1. The number of fused-ring (bicyclic) bond motifs is 1. The molecule has 0 radical (unpaired) electrons. The molecule has 0 bridgehead atoms. The number of benzene rings is 1. The zero-order chi connectivity index (χ0) is 15.5. The summed E-state index contributed by atoms with van der Waals surface area (Å²) >= 11 is 0. The first-order chi connectivity index (χ1) is 10.7. The summed E-state index contributed by atoms with van der Waals surface area (Å²) in [5.41, 5.74) is 2.61. The van der Waals surface area contributed by atoms with Gasteiger partial charge in [0, 0.05) is 23.7 Å². The molecule has 5 heteroatoms. The second kappa shape index (κ2) is 6.05. The molecule has 0 fully saturated rings. The maximum Gasteiger partial charge on any atom is 0.227 e. The van der Waals surface area contributed by atoms with Crippen molar-refractivity contribution in [3.05, 3.63) is 57.6 Å². The third-order valence-corrected chi connectivity index (χ3v) is 3.79.